The van der Waals surface area contributed by atoms with Gasteiger partial charge < -0.3 is 10.2 Å². The molecule has 0 radical (unpaired) electrons. The number of rotatable bonds is 9. The summed E-state index contributed by atoms with van der Waals surface area (Å²) < 4.78 is 1.71. The highest BCUT2D eigenvalue weighted by molar-refractivity contribution is 8.02. The van der Waals surface area contributed by atoms with Gasteiger partial charge in [0.2, 0.25) is 5.95 Å². The summed E-state index contributed by atoms with van der Waals surface area (Å²) in [6.07, 6.45) is 10.8. The maximum atomic E-state index is 13.3. The van der Waals surface area contributed by atoms with Gasteiger partial charge in [-0.25, -0.2) is 4.98 Å². The lowest BCUT2D eigenvalue weighted by Gasteiger charge is -2.28. The van der Waals surface area contributed by atoms with E-state index in [2.05, 4.69) is 40.4 Å². The van der Waals surface area contributed by atoms with Gasteiger partial charge >= 0.3 is 0 Å². The number of anilines is 1. The molecule has 0 unspecified atom stereocenters. The number of piperidine rings is 1. The molecule has 1 fully saturated rings. The maximum Gasteiger partial charge on any atom is 0.260 e. The van der Waals surface area contributed by atoms with Gasteiger partial charge in [0.1, 0.15) is 5.65 Å². The Kier molecular flexibility index (Phi) is 8.09. The fourth-order valence-corrected chi connectivity index (χ4v) is 4.70. The van der Waals surface area contributed by atoms with Crippen molar-refractivity contribution in [3.8, 4) is 0 Å². The van der Waals surface area contributed by atoms with Gasteiger partial charge in [-0.05, 0) is 64.6 Å². The van der Waals surface area contributed by atoms with Crippen LogP contribution in [0.15, 0.2) is 47.3 Å². The summed E-state index contributed by atoms with van der Waals surface area (Å²) in [5.74, 6) is 1.32. The maximum absolute atomic E-state index is 13.3. The molecule has 0 aliphatic carbocycles. The summed E-state index contributed by atoms with van der Waals surface area (Å²) in [7, 11) is 2.18. The smallest absolute Gasteiger partial charge is 0.260 e. The number of pyridine rings is 1. The minimum Gasteiger partial charge on any atom is -0.354 e. The van der Waals surface area contributed by atoms with Crippen molar-refractivity contribution in [3.63, 3.8) is 0 Å². The van der Waals surface area contributed by atoms with E-state index in [1.165, 1.54) is 25.9 Å². The highest BCUT2D eigenvalue weighted by Gasteiger charge is 2.17. The molecular weight excluding hydrogens is 406 g/mol. The van der Waals surface area contributed by atoms with Crippen LogP contribution in [0.1, 0.15) is 31.7 Å². The number of hydrogen-bond acceptors (Lipinski definition) is 6. The Morgan fingerprint density at radius 3 is 2.68 bits per heavy atom. The average Bonchev–Trinajstić information content (AvgIpc) is 2.78. The van der Waals surface area contributed by atoms with Crippen LogP contribution in [0.5, 0.6) is 0 Å². The lowest BCUT2D eigenvalue weighted by Crippen LogP contribution is -2.31. The monoisotopic (exact) mass is 439 g/mol. The number of thioether (sulfide) groups is 1. The number of aromatic nitrogens is 3. The van der Waals surface area contributed by atoms with Crippen LogP contribution >= 0.6 is 11.8 Å². The topological polar surface area (TPSA) is 63.1 Å². The van der Waals surface area contributed by atoms with Crippen LogP contribution in [-0.4, -0.2) is 52.4 Å². The molecule has 0 atom stereocenters. The van der Waals surface area contributed by atoms with E-state index in [1.54, 1.807) is 34.7 Å². The van der Waals surface area contributed by atoms with E-state index >= 15 is 0 Å². The molecule has 0 aromatic carbocycles. The second-order valence-electron chi connectivity index (χ2n) is 7.93. The van der Waals surface area contributed by atoms with E-state index in [-0.39, 0.29) is 5.56 Å². The van der Waals surface area contributed by atoms with Crippen molar-refractivity contribution in [1.82, 2.24) is 19.4 Å². The third-order valence-electron chi connectivity index (χ3n) is 5.98. The minimum absolute atomic E-state index is 0.0747. The van der Waals surface area contributed by atoms with Crippen LogP contribution in [0, 0.1) is 5.92 Å². The molecule has 2 aromatic rings. The van der Waals surface area contributed by atoms with Crippen molar-refractivity contribution >= 4 is 34.3 Å². The number of allylic oxidation sites excluding steroid dienone is 3. The molecule has 0 bridgehead atoms. The van der Waals surface area contributed by atoms with Crippen LogP contribution < -0.4 is 10.9 Å². The van der Waals surface area contributed by atoms with E-state index in [9.17, 15) is 4.79 Å². The molecule has 2 aromatic heterocycles. The quantitative estimate of drug-likeness (QED) is 0.584. The Bertz CT molecular complexity index is 1030. The number of aryl methyl sites for hydroxylation is 1. The van der Waals surface area contributed by atoms with Gasteiger partial charge in [-0.2, -0.15) is 4.98 Å². The molecule has 0 saturated carbocycles. The highest BCUT2D eigenvalue weighted by Crippen LogP contribution is 2.27. The zero-order chi connectivity index (χ0) is 22.4. The molecule has 0 spiro atoms. The summed E-state index contributed by atoms with van der Waals surface area (Å²) in [4.78, 5) is 25.8. The van der Waals surface area contributed by atoms with Gasteiger partial charge in [-0.3, -0.25) is 9.36 Å². The summed E-state index contributed by atoms with van der Waals surface area (Å²) in [6, 6.07) is 1.86. The first-order chi connectivity index (χ1) is 15.0. The Balaban J connectivity index is 1.87. The molecule has 1 aliphatic heterocycles. The molecule has 7 heteroatoms. The average molecular weight is 440 g/mol. The second kappa shape index (κ2) is 10.8. The van der Waals surface area contributed by atoms with E-state index in [1.807, 2.05) is 19.2 Å². The first-order valence-corrected chi connectivity index (χ1v) is 12.1. The fraction of sp³-hybridized carbons (Fsp3) is 0.458. The van der Waals surface area contributed by atoms with Gasteiger partial charge in [0, 0.05) is 40.7 Å². The van der Waals surface area contributed by atoms with Crippen molar-refractivity contribution in [1.29, 1.82) is 0 Å². The van der Waals surface area contributed by atoms with Gasteiger partial charge in [-0.1, -0.05) is 25.3 Å². The Labute approximate surface area is 189 Å². The molecule has 31 heavy (non-hydrogen) atoms. The first-order valence-electron chi connectivity index (χ1n) is 10.9. The van der Waals surface area contributed by atoms with E-state index in [0.717, 1.165) is 34.7 Å². The van der Waals surface area contributed by atoms with Gasteiger partial charge in [0.25, 0.3) is 5.56 Å². The Morgan fingerprint density at radius 2 is 2.06 bits per heavy atom. The summed E-state index contributed by atoms with van der Waals surface area (Å²) >= 11 is 1.55. The SMILES string of the molecule is C=C/C(SC)=C(\C=C)c1cc2cnc(NCCC3CCN(C)CC3)nc2n(CC)c1=O. The lowest BCUT2D eigenvalue weighted by atomic mass is 9.94. The molecule has 166 valence electrons. The fourth-order valence-electron chi connectivity index (χ4n) is 4.12. The molecule has 1 aliphatic rings. The minimum atomic E-state index is -0.0747. The molecule has 3 rings (SSSR count). The van der Waals surface area contributed by atoms with Crippen LogP contribution in [0.3, 0.4) is 0 Å². The lowest BCUT2D eigenvalue weighted by molar-refractivity contribution is 0.215. The normalized spacial score (nSPS) is 16.2. The summed E-state index contributed by atoms with van der Waals surface area (Å²) in [5.41, 5.74) is 1.96. The molecule has 1 N–H and O–H groups in total. The van der Waals surface area contributed by atoms with Crippen molar-refractivity contribution in [2.24, 2.45) is 5.92 Å². The predicted molar refractivity (Wildman–Crippen MR) is 134 cm³/mol. The standard InChI is InChI=1S/C24H33N5OS/c1-6-19(21(7-2)31-5)20-15-18-16-26-24(27-22(18)29(8-3)23(20)30)25-12-9-17-10-13-28(4)14-11-17/h6-7,15-17H,1-2,8-14H2,3-5H3,(H,25,26,27)/b21-19-. The molecule has 0 amide bonds. The van der Waals surface area contributed by atoms with Gasteiger partial charge in [0.05, 0.1) is 0 Å². The molecule has 6 nitrogen and oxygen atoms in total. The zero-order valence-corrected chi connectivity index (χ0v) is 19.7. The first kappa shape index (κ1) is 23.3. The molecule has 3 heterocycles. The highest BCUT2D eigenvalue weighted by atomic mass is 32.2. The van der Waals surface area contributed by atoms with Gasteiger partial charge in [-0.15, -0.1) is 11.8 Å². The third-order valence-corrected chi connectivity index (χ3v) is 6.81. The Hall–Kier alpha value is -2.38. The van der Waals surface area contributed by atoms with E-state index in [0.29, 0.717) is 23.7 Å². The van der Waals surface area contributed by atoms with Crippen molar-refractivity contribution in [2.75, 3.05) is 38.3 Å². The van der Waals surface area contributed by atoms with E-state index < -0.39 is 0 Å². The van der Waals surface area contributed by atoms with E-state index in [4.69, 9.17) is 0 Å². The molecular formula is C24H33N5OS. The zero-order valence-electron chi connectivity index (χ0n) is 18.9. The molecule has 1 saturated heterocycles. The Morgan fingerprint density at radius 1 is 1.32 bits per heavy atom. The third kappa shape index (κ3) is 5.28. The van der Waals surface area contributed by atoms with Crippen LogP contribution in [0.2, 0.25) is 0 Å². The number of fused-ring (bicyclic) bond motifs is 1. The number of likely N-dealkylation sites (tertiary alicyclic amines) is 1. The number of nitrogens with one attached hydrogen (secondary N) is 1. The van der Waals surface area contributed by atoms with Crippen LogP contribution in [-0.2, 0) is 6.54 Å². The second-order valence-corrected chi connectivity index (χ2v) is 8.78. The summed E-state index contributed by atoms with van der Waals surface area (Å²) in [6.45, 7) is 13.5. The van der Waals surface area contributed by atoms with Gasteiger partial charge in [0.15, 0.2) is 0 Å². The predicted octanol–water partition coefficient (Wildman–Crippen LogP) is 4.40. The van der Waals surface area contributed by atoms with Crippen molar-refractivity contribution in [2.45, 2.75) is 32.7 Å². The number of hydrogen-bond donors (Lipinski definition) is 1. The van der Waals surface area contributed by atoms with Crippen LogP contribution in [0.25, 0.3) is 16.6 Å². The van der Waals surface area contributed by atoms with Crippen LogP contribution in [0.4, 0.5) is 5.95 Å². The largest absolute Gasteiger partial charge is 0.354 e. The number of nitrogens with zero attached hydrogens (tertiary/aromatic N) is 4. The van der Waals surface area contributed by atoms with Crippen molar-refractivity contribution in [3.05, 3.63) is 58.4 Å². The van der Waals surface area contributed by atoms with Crippen molar-refractivity contribution < 1.29 is 0 Å². The summed E-state index contributed by atoms with van der Waals surface area (Å²) in [5, 5.41) is 4.19.